The summed E-state index contributed by atoms with van der Waals surface area (Å²) in [5.41, 5.74) is -3.33. The Bertz CT molecular complexity index is 775. The Kier molecular flexibility index (Phi) is 5.30. The monoisotopic (exact) mass is 448 g/mol. The number of halogens is 3. The first-order chi connectivity index (χ1) is 14.5. The second kappa shape index (κ2) is 7.35. The maximum Gasteiger partial charge on any atom is 0.404 e. The van der Waals surface area contributed by atoms with Crippen LogP contribution in [0.25, 0.3) is 0 Å². The van der Waals surface area contributed by atoms with Gasteiger partial charge in [-0.3, -0.25) is 14.4 Å². The van der Waals surface area contributed by atoms with Crippen molar-refractivity contribution in [1.82, 2.24) is 0 Å². The zero-order chi connectivity index (χ0) is 22.8. The van der Waals surface area contributed by atoms with Gasteiger partial charge in [0.2, 0.25) is 0 Å². The predicted octanol–water partition coefficient (Wildman–Crippen LogP) is 3.08. The smallest absolute Gasteiger partial charge is 0.404 e. The van der Waals surface area contributed by atoms with Crippen molar-refractivity contribution in [3.8, 4) is 0 Å². The van der Waals surface area contributed by atoms with Gasteiger partial charge in [-0.15, -0.1) is 0 Å². The van der Waals surface area contributed by atoms with Crippen LogP contribution in [0.4, 0.5) is 13.2 Å². The van der Waals surface area contributed by atoms with E-state index < -0.39 is 77.8 Å². The third-order valence-electron chi connectivity index (χ3n) is 7.68. The van der Waals surface area contributed by atoms with Gasteiger partial charge in [0.1, 0.15) is 29.6 Å². The molecule has 3 heterocycles. The Balaban J connectivity index is 1.56. The zero-order valence-electron chi connectivity index (χ0n) is 17.7. The molecule has 31 heavy (non-hydrogen) atoms. The van der Waals surface area contributed by atoms with Gasteiger partial charge in [0, 0.05) is 0 Å². The molecule has 0 amide bonds. The summed E-state index contributed by atoms with van der Waals surface area (Å²) in [4.78, 5) is 38.0. The molecular weight excluding hydrogens is 421 g/mol. The molecule has 0 radical (unpaired) electrons. The highest BCUT2D eigenvalue weighted by Crippen LogP contribution is 2.53. The minimum atomic E-state index is -4.82. The van der Waals surface area contributed by atoms with Crippen molar-refractivity contribution in [1.29, 1.82) is 0 Å². The quantitative estimate of drug-likeness (QED) is 0.456. The average Bonchev–Trinajstić information content (AvgIpc) is 3.44. The minimum Gasteiger partial charge on any atom is -0.459 e. The summed E-state index contributed by atoms with van der Waals surface area (Å²) in [6.07, 6.45) is -5.65. The standard InChI is InChI=1S/C21H27F3O7/c1-4-19(3,21(22,23)24)18(27)30-15-13-11(10-12(28-13)14(15)29-16(10)25)17(26)31-20(5-2)8-6-7-9-20/h10-15H,4-9H2,1-3H3. The lowest BCUT2D eigenvalue weighted by molar-refractivity contribution is -0.236. The average molecular weight is 448 g/mol. The second-order valence-electron chi connectivity index (χ2n) is 9.24. The minimum absolute atomic E-state index is 0.519. The fraction of sp³-hybridized carbons (Fsp3) is 0.857. The van der Waals surface area contributed by atoms with E-state index in [0.717, 1.165) is 19.8 Å². The van der Waals surface area contributed by atoms with E-state index in [2.05, 4.69) is 0 Å². The van der Waals surface area contributed by atoms with Crippen LogP contribution in [0.1, 0.15) is 59.3 Å². The molecule has 4 rings (SSSR count). The van der Waals surface area contributed by atoms with Crippen LogP contribution in [0, 0.1) is 17.3 Å². The molecule has 174 valence electrons. The van der Waals surface area contributed by atoms with Crippen LogP contribution in [0.3, 0.4) is 0 Å². The summed E-state index contributed by atoms with van der Waals surface area (Å²) in [5.74, 6) is -4.77. The van der Waals surface area contributed by atoms with Crippen LogP contribution < -0.4 is 0 Å². The molecule has 0 aromatic heterocycles. The van der Waals surface area contributed by atoms with Crippen LogP contribution in [-0.2, 0) is 33.3 Å². The molecule has 7 atom stereocenters. The molecule has 1 aliphatic carbocycles. The molecule has 1 saturated carbocycles. The summed E-state index contributed by atoms with van der Waals surface area (Å²) in [5, 5.41) is 0. The van der Waals surface area contributed by atoms with E-state index in [1.54, 1.807) is 0 Å². The molecule has 4 aliphatic rings. The number of alkyl halides is 3. The van der Waals surface area contributed by atoms with E-state index in [0.29, 0.717) is 19.3 Å². The number of ether oxygens (including phenoxy) is 4. The van der Waals surface area contributed by atoms with Gasteiger partial charge in [-0.1, -0.05) is 13.8 Å². The summed E-state index contributed by atoms with van der Waals surface area (Å²) >= 11 is 0. The molecular formula is C21H27F3O7. The van der Waals surface area contributed by atoms with Crippen molar-refractivity contribution in [2.45, 2.75) is 95.5 Å². The van der Waals surface area contributed by atoms with Crippen LogP contribution in [0.2, 0.25) is 0 Å². The van der Waals surface area contributed by atoms with Crippen molar-refractivity contribution < 1.29 is 46.5 Å². The number of esters is 3. The maximum absolute atomic E-state index is 13.5. The summed E-state index contributed by atoms with van der Waals surface area (Å²) in [6.45, 7) is 3.93. The Morgan fingerprint density at radius 1 is 1.13 bits per heavy atom. The lowest BCUT2D eigenvalue weighted by Gasteiger charge is -2.34. The van der Waals surface area contributed by atoms with Crippen molar-refractivity contribution in [2.75, 3.05) is 0 Å². The lowest BCUT2D eigenvalue weighted by Crippen LogP contribution is -2.52. The lowest BCUT2D eigenvalue weighted by atomic mass is 9.78. The third kappa shape index (κ3) is 3.24. The topological polar surface area (TPSA) is 88.1 Å². The zero-order valence-corrected chi connectivity index (χ0v) is 17.7. The molecule has 0 aromatic carbocycles. The van der Waals surface area contributed by atoms with Gasteiger partial charge < -0.3 is 18.9 Å². The van der Waals surface area contributed by atoms with Crippen molar-refractivity contribution in [3.63, 3.8) is 0 Å². The number of carbonyl (C=O) groups excluding carboxylic acids is 3. The Morgan fingerprint density at radius 2 is 1.77 bits per heavy atom. The van der Waals surface area contributed by atoms with Crippen molar-refractivity contribution in [3.05, 3.63) is 0 Å². The Morgan fingerprint density at radius 3 is 2.32 bits per heavy atom. The number of fused-ring (bicyclic) bond motifs is 1. The molecule has 0 N–H and O–H groups in total. The molecule has 3 aliphatic heterocycles. The summed E-state index contributed by atoms with van der Waals surface area (Å²) < 4.78 is 62.5. The van der Waals surface area contributed by atoms with Crippen LogP contribution in [0.5, 0.6) is 0 Å². The van der Waals surface area contributed by atoms with Gasteiger partial charge in [-0.05, 0) is 45.4 Å². The molecule has 4 fully saturated rings. The maximum atomic E-state index is 13.5. The van der Waals surface area contributed by atoms with E-state index in [1.165, 1.54) is 6.92 Å². The molecule has 10 heteroatoms. The third-order valence-corrected chi connectivity index (χ3v) is 7.68. The highest BCUT2D eigenvalue weighted by Gasteiger charge is 2.73. The number of hydrogen-bond donors (Lipinski definition) is 0. The van der Waals surface area contributed by atoms with Gasteiger partial charge in [0.25, 0.3) is 0 Å². The molecule has 7 unspecified atom stereocenters. The highest BCUT2D eigenvalue weighted by atomic mass is 19.4. The van der Waals surface area contributed by atoms with E-state index in [-0.39, 0.29) is 0 Å². The number of carbonyl (C=O) groups is 3. The first kappa shape index (κ1) is 22.4. The molecule has 2 bridgehead atoms. The molecule has 0 spiro atoms. The van der Waals surface area contributed by atoms with Gasteiger partial charge in [-0.2, -0.15) is 13.2 Å². The molecule has 7 nitrogen and oxygen atoms in total. The van der Waals surface area contributed by atoms with E-state index in [4.69, 9.17) is 18.9 Å². The SMILES string of the molecule is CCC1(OC(=O)C2C3OC4C(OC(=O)C42)C3OC(=O)C(C)(CC)C(F)(F)F)CCCC1. The number of hydrogen-bond acceptors (Lipinski definition) is 7. The van der Waals surface area contributed by atoms with Gasteiger partial charge >= 0.3 is 24.1 Å². The highest BCUT2D eigenvalue weighted by molar-refractivity contribution is 5.87. The van der Waals surface area contributed by atoms with Gasteiger partial charge in [0.05, 0.1) is 0 Å². The largest absolute Gasteiger partial charge is 0.459 e. The van der Waals surface area contributed by atoms with Gasteiger partial charge in [-0.25, -0.2) is 0 Å². The Labute approximate surface area is 177 Å². The fourth-order valence-electron chi connectivity index (χ4n) is 5.28. The number of rotatable bonds is 6. The second-order valence-corrected chi connectivity index (χ2v) is 9.24. The normalized spacial score (nSPS) is 37.4. The van der Waals surface area contributed by atoms with Gasteiger partial charge in [0.15, 0.2) is 17.6 Å². The molecule has 0 aromatic rings. The Hall–Kier alpha value is -1.84. The fourth-order valence-corrected chi connectivity index (χ4v) is 5.28. The van der Waals surface area contributed by atoms with E-state index >= 15 is 0 Å². The van der Waals surface area contributed by atoms with E-state index in [9.17, 15) is 27.6 Å². The van der Waals surface area contributed by atoms with Crippen LogP contribution >= 0.6 is 0 Å². The summed E-state index contributed by atoms with van der Waals surface area (Å²) in [6, 6.07) is 0. The predicted molar refractivity (Wildman–Crippen MR) is 97.4 cm³/mol. The molecule has 3 saturated heterocycles. The van der Waals surface area contributed by atoms with Crippen LogP contribution in [-0.4, -0.2) is 54.1 Å². The summed E-state index contributed by atoms with van der Waals surface area (Å²) in [7, 11) is 0. The van der Waals surface area contributed by atoms with Crippen molar-refractivity contribution in [2.24, 2.45) is 17.3 Å². The first-order valence-corrected chi connectivity index (χ1v) is 10.8. The van der Waals surface area contributed by atoms with E-state index in [1.807, 2.05) is 6.92 Å². The van der Waals surface area contributed by atoms with Crippen LogP contribution in [0.15, 0.2) is 0 Å². The van der Waals surface area contributed by atoms with Crippen molar-refractivity contribution >= 4 is 17.9 Å². The first-order valence-electron chi connectivity index (χ1n) is 10.8.